The molecule has 1 saturated carbocycles. The largest absolute Gasteiger partial charge is 0.419 e. The van der Waals surface area contributed by atoms with E-state index in [9.17, 15) is 13.7 Å². The molecular formula is C24H29N7O3S. The highest BCUT2D eigenvalue weighted by atomic mass is 32.2. The quantitative estimate of drug-likeness (QED) is 0.456. The van der Waals surface area contributed by atoms with Crippen LogP contribution >= 0.6 is 0 Å². The van der Waals surface area contributed by atoms with Crippen LogP contribution in [0.5, 0.6) is 0 Å². The molecule has 1 fully saturated rings. The number of nitrogens with two attached hydrogens (primary N) is 1. The van der Waals surface area contributed by atoms with E-state index in [1.165, 1.54) is 7.05 Å². The Hall–Kier alpha value is -3.49. The zero-order chi connectivity index (χ0) is 25.4. The number of sulfonamides is 1. The van der Waals surface area contributed by atoms with Gasteiger partial charge in [-0.1, -0.05) is 37.3 Å². The zero-order valence-electron chi connectivity index (χ0n) is 20.2. The molecule has 1 aliphatic carbocycles. The molecule has 0 bridgehead atoms. The molecule has 10 nitrogen and oxygen atoms in total. The number of rotatable bonds is 9. The Balaban J connectivity index is 1.74. The minimum atomic E-state index is -3.68. The van der Waals surface area contributed by atoms with E-state index in [0.717, 1.165) is 22.5 Å². The fourth-order valence-corrected chi connectivity index (χ4v) is 4.31. The minimum Gasteiger partial charge on any atom is -0.419 e. The fourth-order valence-electron chi connectivity index (χ4n) is 3.86. The third-order valence-corrected chi connectivity index (χ3v) is 7.46. The Kier molecular flexibility index (Phi) is 6.53. The highest BCUT2D eigenvalue weighted by Crippen LogP contribution is 2.38. The van der Waals surface area contributed by atoms with Crippen LogP contribution in [0.25, 0.3) is 11.5 Å². The molecule has 2 heterocycles. The van der Waals surface area contributed by atoms with Crippen LogP contribution in [0, 0.1) is 23.2 Å². The lowest BCUT2D eigenvalue weighted by molar-refractivity contribution is 0.355. The summed E-state index contributed by atoms with van der Waals surface area (Å²) >= 11 is 0. The summed E-state index contributed by atoms with van der Waals surface area (Å²) < 4.78 is 31.5. The second-order valence-corrected chi connectivity index (χ2v) is 11.5. The molecule has 184 valence electrons. The van der Waals surface area contributed by atoms with Gasteiger partial charge >= 0.3 is 0 Å². The molecular weight excluding hydrogens is 466 g/mol. The average Bonchev–Trinajstić information content (AvgIpc) is 3.29. The summed E-state index contributed by atoms with van der Waals surface area (Å²) in [6, 6.07) is 13.4. The van der Waals surface area contributed by atoms with Crippen molar-refractivity contribution in [2.75, 3.05) is 29.5 Å². The molecule has 2 aromatic heterocycles. The topological polar surface area (TPSA) is 151 Å². The fraction of sp³-hybridized carbons (Fsp3) is 0.417. The second kappa shape index (κ2) is 9.28. The summed E-state index contributed by atoms with van der Waals surface area (Å²) in [6.07, 6.45) is 2.64. The number of pyridine rings is 1. The van der Waals surface area contributed by atoms with Crippen molar-refractivity contribution >= 4 is 21.7 Å². The van der Waals surface area contributed by atoms with Crippen LogP contribution in [-0.4, -0.2) is 43.4 Å². The predicted molar refractivity (Wildman–Crippen MR) is 133 cm³/mol. The second-order valence-electron chi connectivity index (χ2n) is 9.44. The van der Waals surface area contributed by atoms with Crippen LogP contribution in [0.1, 0.15) is 37.3 Å². The number of aromatic nitrogens is 3. The van der Waals surface area contributed by atoms with E-state index in [4.69, 9.17) is 10.2 Å². The van der Waals surface area contributed by atoms with Crippen LogP contribution in [0.4, 0.5) is 11.6 Å². The smallest absolute Gasteiger partial charge is 0.249 e. The highest BCUT2D eigenvalue weighted by Gasteiger charge is 2.33. The molecule has 0 saturated heterocycles. The summed E-state index contributed by atoms with van der Waals surface area (Å²) in [5.41, 5.74) is 6.88. The molecule has 0 spiro atoms. The normalized spacial score (nSPS) is 19.0. The molecule has 1 aliphatic rings. The van der Waals surface area contributed by atoms with Gasteiger partial charge in [0.1, 0.15) is 17.5 Å². The first-order chi connectivity index (χ1) is 16.5. The number of anilines is 2. The predicted octanol–water partition coefficient (Wildman–Crippen LogP) is 2.88. The van der Waals surface area contributed by atoms with Gasteiger partial charge in [0.15, 0.2) is 5.82 Å². The van der Waals surface area contributed by atoms with Crippen LogP contribution in [0.2, 0.25) is 0 Å². The van der Waals surface area contributed by atoms with Crippen LogP contribution < -0.4 is 15.4 Å². The van der Waals surface area contributed by atoms with Crippen LogP contribution in [0.3, 0.4) is 0 Å². The number of benzene rings is 1. The van der Waals surface area contributed by atoms with Gasteiger partial charge in [0.05, 0.1) is 17.4 Å². The van der Waals surface area contributed by atoms with E-state index in [-0.39, 0.29) is 28.7 Å². The Morgan fingerprint density at radius 3 is 2.60 bits per heavy atom. The van der Waals surface area contributed by atoms with Gasteiger partial charge in [-0.3, -0.25) is 4.31 Å². The third-order valence-electron chi connectivity index (χ3n) is 6.29. The summed E-state index contributed by atoms with van der Waals surface area (Å²) in [6.45, 7) is 4.66. The van der Waals surface area contributed by atoms with Crippen molar-refractivity contribution in [3.8, 4) is 17.5 Å². The van der Waals surface area contributed by atoms with E-state index in [1.54, 1.807) is 13.0 Å². The molecule has 1 aromatic carbocycles. The van der Waals surface area contributed by atoms with Gasteiger partial charge in [0.2, 0.25) is 21.8 Å². The van der Waals surface area contributed by atoms with Crippen molar-refractivity contribution in [3.63, 3.8) is 0 Å². The van der Waals surface area contributed by atoms with Crippen molar-refractivity contribution in [3.05, 3.63) is 53.4 Å². The molecule has 0 aliphatic heterocycles. The summed E-state index contributed by atoms with van der Waals surface area (Å²) in [4.78, 5) is 4.43. The Morgan fingerprint density at radius 2 is 2.00 bits per heavy atom. The Bertz CT molecular complexity index is 1360. The molecule has 4 rings (SSSR count). The van der Waals surface area contributed by atoms with Gasteiger partial charge in [0.25, 0.3) is 0 Å². The molecule has 35 heavy (non-hydrogen) atoms. The lowest BCUT2D eigenvalue weighted by atomic mass is 9.94. The Morgan fingerprint density at radius 1 is 1.31 bits per heavy atom. The van der Waals surface area contributed by atoms with Gasteiger partial charge in [-0.05, 0) is 43.2 Å². The molecule has 3 aromatic rings. The van der Waals surface area contributed by atoms with E-state index >= 15 is 0 Å². The lowest BCUT2D eigenvalue weighted by Crippen LogP contribution is -2.35. The standard InChI is InChI=1S/C24H29N7O3S/c1-15-10-17(15)14-27-20-11-18(19(13-25)21(28-20)31(3)35(4,32)33)22-29-30-23(34-22)24(2,26)12-16-8-6-5-7-9-16/h5-9,11,15,17H,10,12,14,26H2,1-4H3,(H,27,28)/t15-,17+,24-/m1/s1. The number of nitriles is 1. The maximum absolute atomic E-state index is 12.3. The van der Waals surface area contributed by atoms with Gasteiger partial charge in [-0.15, -0.1) is 10.2 Å². The van der Waals surface area contributed by atoms with Crippen molar-refractivity contribution in [1.82, 2.24) is 15.2 Å². The SMILES string of the molecule is C[C@@H]1C[C@H]1CNc1cc(-c2nnc([C@](C)(N)Cc3ccccc3)o2)c(C#N)c(N(C)S(C)(=O)=O)n1. The van der Waals surface area contributed by atoms with Crippen molar-refractivity contribution < 1.29 is 12.8 Å². The highest BCUT2D eigenvalue weighted by molar-refractivity contribution is 7.92. The maximum atomic E-state index is 12.3. The van der Waals surface area contributed by atoms with E-state index < -0.39 is 15.6 Å². The molecule has 0 radical (unpaired) electrons. The van der Waals surface area contributed by atoms with Crippen molar-refractivity contribution in [2.45, 2.75) is 32.2 Å². The van der Waals surface area contributed by atoms with Gasteiger partial charge in [0, 0.05) is 13.6 Å². The number of nitrogens with one attached hydrogen (secondary N) is 1. The van der Waals surface area contributed by atoms with Gasteiger partial charge in [-0.2, -0.15) is 5.26 Å². The van der Waals surface area contributed by atoms with Crippen molar-refractivity contribution in [2.24, 2.45) is 17.6 Å². The Labute approximate surface area is 205 Å². The molecule has 0 amide bonds. The van der Waals surface area contributed by atoms with Crippen LogP contribution in [0.15, 0.2) is 40.8 Å². The third kappa shape index (κ3) is 5.44. The van der Waals surface area contributed by atoms with Gasteiger partial charge in [-0.25, -0.2) is 13.4 Å². The lowest BCUT2D eigenvalue weighted by Gasteiger charge is -2.20. The first-order valence-electron chi connectivity index (χ1n) is 11.3. The van der Waals surface area contributed by atoms with E-state index in [1.807, 2.05) is 30.3 Å². The summed E-state index contributed by atoms with van der Waals surface area (Å²) in [7, 11) is -2.33. The average molecular weight is 496 g/mol. The van der Waals surface area contributed by atoms with E-state index in [2.05, 4.69) is 33.5 Å². The molecule has 11 heteroatoms. The van der Waals surface area contributed by atoms with Gasteiger partial charge < -0.3 is 15.5 Å². The first kappa shape index (κ1) is 24.6. The van der Waals surface area contributed by atoms with E-state index in [0.29, 0.717) is 30.6 Å². The number of nitrogens with zero attached hydrogens (tertiary/aromatic N) is 5. The maximum Gasteiger partial charge on any atom is 0.249 e. The molecule has 3 atom stereocenters. The number of hydrogen-bond donors (Lipinski definition) is 2. The monoisotopic (exact) mass is 495 g/mol. The summed E-state index contributed by atoms with van der Waals surface area (Å²) in [5.74, 6) is 1.83. The summed E-state index contributed by atoms with van der Waals surface area (Å²) in [5, 5.41) is 21.5. The molecule has 3 N–H and O–H groups in total. The number of hydrogen-bond acceptors (Lipinski definition) is 9. The minimum absolute atomic E-state index is 0.0141. The van der Waals surface area contributed by atoms with Crippen molar-refractivity contribution in [1.29, 1.82) is 5.26 Å². The first-order valence-corrected chi connectivity index (χ1v) is 13.1. The molecule has 0 unspecified atom stereocenters. The zero-order valence-corrected chi connectivity index (χ0v) is 21.0. The van der Waals surface area contributed by atoms with Crippen LogP contribution in [-0.2, 0) is 22.0 Å².